The normalized spacial score (nSPS) is 30.5. The lowest BCUT2D eigenvalue weighted by Crippen LogP contribution is -2.31. The lowest BCUT2D eigenvalue weighted by molar-refractivity contribution is -0.160. The van der Waals surface area contributed by atoms with Crippen LogP contribution in [0.5, 0.6) is 0 Å². The molecule has 0 saturated carbocycles. The Labute approximate surface area is 155 Å². The standard InChI is InChI=1S/C19H20N2O4S/c1-12-9-19(15(22)24-12)11-18(2,25-16(19)23)14-10-26-17(20-14)21(3)13-7-5-4-6-8-13/h4-8,10,12H,9,11H2,1-3H3/t12-,18-,19+/m1/s1. The molecule has 0 radical (unpaired) electrons. The number of hydrogen-bond acceptors (Lipinski definition) is 7. The highest BCUT2D eigenvalue weighted by Gasteiger charge is 2.65. The minimum Gasteiger partial charge on any atom is -0.462 e. The van der Waals surface area contributed by atoms with E-state index < -0.39 is 23.0 Å². The minimum atomic E-state index is -1.19. The fraction of sp³-hybridized carbons (Fsp3) is 0.421. The number of ether oxygens (including phenoxy) is 2. The maximum absolute atomic E-state index is 12.5. The van der Waals surface area contributed by atoms with Crippen molar-refractivity contribution in [2.75, 3.05) is 11.9 Å². The summed E-state index contributed by atoms with van der Waals surface area (Å²) in [5.74, 6) is -0.976. The maximum Gasteiger partial charge on any atom is 0.324 e. The molecule has 26 heavy (non-hydrogen) atoms. The van der Waals surface area contributed by atoms with E-state index in [1.165, 1.54) is 11.3 Å². The average Bonchev–Trinajstić information content (AvgIpc) is 3.27. The van der Waals surface area contributed by atoms with Gasteiger partial charge in [-0.2, -0.15) is 0 Å². The quantitative estimate of drug-likeness (QED) is 0.608. The number of carbonyl (C=O) groups is 2. The summed E-state index contributed by atoms with van der Waals surface area (Å²) in [6.45, 7) is 3.61. The van der Waals surface area contributed by atoms with Crippen molar-refractivity contribution in [2.24, 2.45) is 5.41 Å². The first-order valence-corrected chi connectivity index (χ1v) is 9.41. The highest BCUT2D eigenvalue weighted by Crippen LogP contribution is 2.52. The van der Waals surface area contributed by atoms with E-state index in [0.717, 1.165) is 10.8 Å². The van der Waals surface area contributed by atoms with Gasteiger partial charge in [-0.05, 0) is 26.0 Å². The van der Waals surface area contributed by atoms with Crippen LogP contribution < -0.4 is 4.90 Å². The van der Waals surface area contributed by atoms with Crippen LogP contribution >= 0.6 is 11.3 Å². The number of benzene rings is 1. The van der Waals surface area contributed by atoms with Crippen LogP contribution in [0.2, 0.25) is 0 Å². The molecule has 2 aromatic rings. The molecular weight excluding hydrogens is 352 g/mol. The van der Waals surface area contributed by atoms with E-state index in [0.29, 0.717) is 12.1 Å². The topological polar surface area (TPSA) is 68.7 Å². The molecule has 2 saturated heterocycles. The second-order valence-electron chi connectivity index (χ2n) is 7.21. The molecule has 0 N–H and O–H groups in total. The maximum atomic E-state index is 12.5. The van der Waals surface area contributed by atoms with E-state index in [-0.39, 0.29) is 12.5 Å². The Bertz CT molecular complexity index is 867. The predicted octanol–water partition coefficient (Wildman–Crippen LogP) is 3.39. The van der Waals surface area contributed by atoms with Gasteiger partial charge in [-0.1, -0.05) is 18.2 Å². The van der Waals surface area contributed by atoms with E-state index >= 15 is 0 Å². The Morgan fingerprint density at radius 2 is 1.96 bits per heavy atom. The van der Waals surface area contributed by atoms with Gasteiger partial charge in [0.25, 0.3) is 0 Å². The Hall–Kier alpha value is -2.41. The van der Waals surface area contributed by atoms with Crippen molar-refractivity contribution in [3.05, 3.63) is 41.4 Å². The molecule has 136 valence electrons. The summed E-state index contributed by atoms with van der Waals surface area (Å²) in [5.41, 5.74) is -0.431. The average molecular weight is 372 g/mol. The van der Waals surface area contributed by atoms with Crippen molar-refractivity contribution >= 4 is 34.1 Å². The van der Waals surface area contributed by atoms with Gasteiger partial charge in [0.15, 0.2) is 16.1 Å². The minimum absolute atomic E-state index is 0.264. The number of cyclic esters (lactones) is 2. The summed E-state index contributed by atoms with van der Waals surface area (Å²) in [7, 11) is 1.94. The molecule has 4 rings (SSSR count). The van der Waals surface area contributed by atoms with Crippen molar-refractivity contribution < 1.29 is 19.1 Å². The SMILES string of the molecule is C[C@@H]1C[C@]2(C[C@](C)(c3csc(N(C)c4ccccc4)n3)OC2=O)C(=O)O1. The largest absolute Gasteiger partial charge is 0.462 e. The van der Waals surface area contributed by atoms with Crippen LogP contribution in [0.1, 0.15) is 32.4 Å². The number of hydrogen-bond donors (Lipinski definition) is 0. The smallest absolute Gasteiger partial charge is 0.324 e. The van der Waals surface area contributed by atoms with Gasteiger partial charge in [0.05, 0.1) is 5.69 Å². The van der Waals surface area contributed by atoms with Gasteiger partial charge in [-0.25, -0.2) is 4.98 Å². The molecule has 2 fully saturated rings. The summed E-state index contributed by atoms with van der Waals surface area (Å²) in [6, 6.07) is 9.91. The Kier molecular flexibility index (Phi) is 3.80. The number of thiazole rings is 1. The van der Waals surface area contributed by atoms with Crippen molar-refractivity contribution in [1.29, 1.82) is 0 Å². The number of nitrogens with zero attached hydrogens (tertiary/aromatic N) is 2. The highest BCUT2D eigenvalue weighted by atomic mass is 32.1. The summed E-state index contributed by atoms with van der Waals surface area (Å²) in [6.07, 6.45) is 0.356. The molecule has 0 unspecified atom stereocenters. The summed E-state index contributed by atoms with van der Waals surface area (Å²) >= 11 is 1.48. The van der Waals surface area contributed by atoms with Gasteiger partial charge in [0.1, 0.15) is 6.10 Å². The lowest BCUT2D eigenvalue weighted by Gasteiger charge is -2.21. The van der Waals surface area contributed by atoms with Crippen molar-refractivity contribution in [3.8, 4) is 0 Å². The van der Waals surface area contributed by atoms with Gasteiger partial charge in [-0.15, -0.1) is 11.3 Å². The molecule has 7 heteroatoms. The molecule has 2 aliphatic heterocycles. The molecule has 3 heterocycles. The van der Waals surface area contributed by atoms with Gasteiger partial charge in [0, 0.05) is 31.0 Å². The zero-order valence-electron chi connectivity index (χ0n) is 14.9. The number of aromatic nitrogens is 1. The lowest BCUT2D eigenvalue weighted by atomic mass is 9.78. The van der Waals surface area contributed by atoms with Crippen molar-refractivity contribution in [1.82, 2.24) is 4.98 Å². The zero-order chi connectivity index (χ0) is 18.5. The Balaban J connectivity index is 1.62. The van der Waals surface area contributed by atoms with Crippen LogP contribution in [0.25, 0.3) is 0 Å². The number of esters is 2. The number of carbonyl (C=O) groups excluding carboxylic acids is 2. The monoisotopic (exact) mass is 372 g/mol. The molecule has 1 spiro atoms. The van der Waals surface area contributed by atoms with Crippen LogP contribution in [0.3, 0.4) is 0 Å². The van der Waals surface area contributed by atoms with Gasteiger partial charge in [-0.3, -0.25) is 9.59 Å². The van der Waals surface area contributed by atoms with Gasteiger partial charge >= 0.3 is 11.9 Å². The fourth-order valence-electron chi connectivity index (χ4n) is 3.77. The van der Waals surface area contributed by atoms with E-state index in [1.54, 1.807) is 6.92 Å². The molecule has 1 aromatic heterocycles. The second kappa shape index (κ2) is 5.81. The molecule has 0 bridgehead atoms. The molecule has 0 amide bonds. The molecule has 3 atom stereocenters. The van der Waals surface area contributed by atoms with Crippen LogP contribution in [-0.2, 0) is 24.7 Å². The first kappa shape index (κ1) is 17.0. The predicted molar refractivity (Wildman–Crippen MR) is 97.3 cm³/mol. The number of anilines is 2. The van der Waals surface area contributed by atoms with E-state index in [4.69, 9.17) is 9.47 Å². The fourth-order valence-corrected chi connectivity index (χ4v) is 4.71. The van der Waals surface area contributed by atoms with Crippen LogP contribution in [0.4, 0.5) is 10.8 Å². The third kappa shape index (κ3) is 2.49. The molecule has 1 aromatic carbocycles. The van der Waals surface area contributed by atoms with Gasteiger partial charge in [0.2, 0.25) is 0 Å². The first-order valence-electron chi connectivity index (χ1n) is 8.53. The third-order valence-electron chi connectivity index (χ3n) is 5.15. The third-order valence-corrected chi connectivity index (χ3v) is 6.06. The molecular formula is C19H20N2O4S. The van der Waals surface area contributed by atoms with Crippen molar-refractivity contribution in [3.63, 3.8) is 0 Å². The van der Waals surface area contributed by atoms with Crippen LogP contribution in [0, 0.1) is 5.41 Å². The van der Waals surface area contributed by atoms with Crippen molar-refractivity contribution in [2.45, 2.75) is 38.4 Å². The van der Waals surface area contributed by atoms with Crippen LogP contribution in [0.15, 0.2) is 35.7 Å². The molecule has 6 nitrogen and oxygen atoms in total. The number of rotatable bonds is 3. The highest BCUT2D eigenvalue weighted by molar-refractivity contribution is 7.13. The summed E-state index contributed by atoms with van der Waals surface area (Å²) in [5, 5.41) is 2.69. The zero-order valence-corrected chi connectivity index (χ0v) is 15.7. The number of para-hydroxylation sites is 1. The van der Waals surface area contributed by atoms with E-state index in [2.05, 4.69) is 4.98 Å². The van der Waals surface area contributed by atoms with E-state index in [1.807, 2.05) is 54.6 Å². The second-order valence-corrected chi connectivity index (χ2v) is 8.05. The summed E-state index contributed by atoms with van der Waals surface area (Å²) < 4.78 is 10.9. The Morgan fingerprint density at radius 3 is 2.62 bits per heavy atom. The summed E-state index contributed by atoms with van der Waals surface area (Å²) in [4.78, 5) is 31.5. The molecule has 0 aliphatic carbocycles. The molecule has 2 aliphatic rings. The van der Waals surface area contributed by atoms with E-state index in [9.17, 15) is 9.59 Å². The Morgan fingerprint density at radius 1 is 1.23 bits per heavy atom. The van der Waals surface area contributed by atoms with Crippen LogP contribution in [-0.4, -0.2) is 30.1 Å². The first-order chi connectivity index (χ1) is 12.3. The van der Waals surface area contributed by atoms with Gasteiger partial charge < -0.3 is 14.4 Å².